The molecule has 0 bridgehead atoms. The molecule has 0 spiro atoms. The van der Waals surface area contributed by atoms with E-state index in [-0.39, 0.29) is 10.6 Å². The van der Waals surface area contributed by atoms with E-state index in [0.717, 1.165) is 16.9 Å². The number of para-hydroxylation sites is 1. The molecule has 0 aliphatic heterocycles. The van der Waals surface area contributed by atoms with Crippen molar-refractivity contribution in [3.05, 3.63) is 54.1 Å². The highest BCUT2D eigenvalue weighted by Crippen LogP contribution is 2.23. The normalized spacial score (nSPS) is 11.0. The van der Waals surface area contributed by atoms with Crippen molar-refractivity contribution in [1.29, 1.82) is 0 Å². The van der Waals surface area contributed by atoms with Gasteiger partial charge in [0.25, 0.3) is 5.91 Å². The van der Waals surface area contributed by atoms with Gasteiger partial charge in [0.2, 0.25) is 0 Å². The van der Waals surface area contributed by atoms with Gasteiger partial charge in [-0.3, -0.25) is 4.79 Å². The van der Waals surface area contributed by atoms with Crippen LogP contribution in [0.4, 0.5) is 5.69 Å². The Hall–Kier alpha value is -2.32. The van der Waals surface area contributed by atoms with E-state index in [4.69, 9.17) is 4.74 Å². The number of thioether (sulfide) groups is 1. The number of rotatable bonds is 7. The van der Waals surface area contributed by atoms with Crippen molar-refractivity contribution < 1.29 is 22.7 Å². The average molecular weight is 393 g/mol. The van der Waals surface area contributed by atoms with Gasteiger partial charge in [-0.15, -0.1) is 11.8 Å². The second-order valence-electron chi connectivity index (χ2n) is 5.32. The van der Waals surface area contributed by atoms with Crippen LogP contribution >= 0.6 is 11.8 Å². The fourth-order valence-corrected chi connectivity index (χ4v) is 3.84. The molecule has 0 fully saturated rings. The quantitative estimate of drug-likeness (QED) is 0.575. The van der Waals surface area contributed by atoms with Gasteiger partial charge in [0.05, 0.1) is 16.1 Å². The first kappa shape index (κ1) is 20.0. The van der Waals surface area contributed by atoms with E-state index in [9.17, 15) is 18.0 Å². The summed E-state index contributed by atoms with van der Waals surface area (Å²) in [5.41, 5.74) is 0.543. The first-order valence-electron chi connectivity index (χ1n) is 7.80. The summed E-state index contributed by atoms with van der Waals surface area (Å²) in [6, 6.07) is 13.0. The standard InChI is InChI=1S/C18H19NO5S2/c1-3-25-15-10-6-4-8-13(15)18(21)24-12-17(20)19-14-9-5-7-11-16(14)26(2,22)23/h4-11H,3,12H2,1-2H3,(H,19,20). The highest BCUT2D eigenvalue weighted by molar-refractivity contribution is 7.99. The molecule has 26 heavy (non-hydrogen) atoms. The molecular formula is C18H19NO5S2. The Morgan fingerprint density at radius 2 is 1.73 bits per heavy atom. The lowest BCUT2D eigenvalue weighted by atomic mass is 10.2. The van der Waals surface area contributed by atoms with Crippen molar-refractivity contribution in [1.82, 2.24) is 0 Å². The second kappa shape index (κ2) is 8.86. The number of amides is 1. The minimum absolute atomic E-state index is 0.00404. The average Bonchev–Trinajstić information content (AvgIpc) is 2.60. The molecule has 0 aromatic heterocycles. The lowest BCUT2D eigenvalue weighted by molar-refractivity contribution is -0.119. The minimum Gasteiger partial charge on any atom is -0.452 e. The number of carbonyl (C=O) groups excluding carboxylic acids is 2. The lowest BCUT2D eigenvalue weighted by Crippen LogP contribution is -2.22. The van der Waals surface area contributed by atoms with Crippen LogP contribution in [0.25, 0.3) is 0 Å². The van der Waals surface area contributed by atoms with Gasteiger partial charge < -0.3 is 10.1 Å². The van der Waals surface area contributed by atoms with Gasteiger partial charge in [-0.2, -0.15) is 0 Å². The summed E-state index contributed by atoms with van der Waals surface area (Å²) in [6.45, 7) is 1.46. The number of hydrogen-bond donors (Lipinski definition) is 1. The van der Waals surface area contributed by atoms with E-state index in [0.29, 0.717) is 5.56 Å². The smallest absolute Gasteiger partial charge is 0.339 e. The van der Waals surface area contributed by atoms with Gasteiger partial charge in [-0.05, 0) is 30.0 Å². The Morgan fingerprint density at radius 3 is 2.42 bits per heavy atom. The van der Waals surface area contributed by atoms with E-state index in [1.807, 2.05) is 19.1 Å². The number of esters is 1. The molecular weight excluding hydrogens is 374 g/mol. The highest BCUT2D eigenvalue weighted by Gasteiger charge is 2.17. The lowest BCUT2D eigenvalue weighted by Gasteiger charge is -2.11. The summed E-state index contributed by atoms with van der Waals surface area (Å²) in [5.74, 6) is -0.421. The third-order valence-corrected chi connectivity index (χ3v) is 5.41. The molecule has 0 aliphatic carbocycles. The van der Waals surface area contributed by atoms with Crippen LogP contribution in [0.3, 0.4) is 0 Å². The van der Waals surface area contributed by atoms with Crippen molar-refractivity contribution >= 4 is 39.2 Å². The summed E-state index contributed by atoms with van der Waals surface area (Å²) in [7, 11) is -3.49. The zero-order valence-electron chi connectivity index (χ0n) is 14.4. The maximum Gasteiger partial charge on any atom is 0.339 e. The SMILES string of the molecule is CCSc1ccccc1C(=O)OCC(=O)Nc1ccccc1S(C)(=O)=O. The number of anilines is 1. The van der Waals surface area contributed by atoms with Gasteiger partial charge in [0.1, 0.15) is 0 Å². The van der Waals surface area contributed by atoms with E-state index >= 15 is 0 Å². The third-order valence-electron chi connectivity index (χ3n) is 3.30. The number of benzene rings is 2. The summed E-state index contributed by atoms with van der Waals surface area (Å²) < 4.78 is 28.6. The molecule has 0 unspecified atom stereocenters. The molecule has 2 aromatic carbocycles. The molecule has 2 rings (SSSR count). The van der Waals surface area contributed by atoms with E-state index in [1.165, 1.54) is 23.9 Å². The van der Waals surface area contributed by atoms with Gasteiger partial charge in [0.15, 0.2) is 16.4 Å². The van der Waals surface area contributed by atoms with E-state index in [1.54, 1.807) is 24.3 Å². The van der Waals surface area contributed by atoms with Crippen LogP contribution in [0, 0.1) is 0 Å². The molecule has 6 nitrogen and oxygen atoms in total. The molecule has 0 heterocycles. The van der Waals surface area contributed by atoms with E-state index in [2.05, 4.69) is 5.32 Å². The zero-order valence-corrected chi connectivity index (χ0v) is 16.0. The first-order chi connectivity index (χ1) is 12.3. The summed E-state index contributed by atoms with van der Waals surface area (Å²) >= 11 is 1.50. The van der Waals surface area contributed by atoms with Crippen LogP contribution in [0.1, 0.15) is 17.3 Å². The number of carbonyl (C=O) groups is 2. The van der Waals surface area contributed by atoms with Gasteiger partial charge in [-0.25, -0.2) is 13.2 Å². The molecule has 1 N–H and O–H groups in total. The summed E-state index contributed by atoms with van der Waals surface area (Å²) in [5, 5.41) is 2.46. The van der Waals surface area contributed by atoms with Crippen LogP contribution in [0.15, 0.2) is 58.3 Å². The maximum absolute atomic E-state index is 12.2. The zero-order chi connectivity index (χ0) is 19.2. The van der Waals surface area contributed by atoms with Gasteiger partial charge in [-0.1, -0.05) is 31.2 Å². The predicted octanol–water partition coefficient (Wildman–Crippen LogP) is 3.00. The Kier molecular flexibility index (Phi) is 6.82. The Labute approximate surface area is 156 Å². The van der Waals surface area contributed by atoms with Gasteiger partial charge >= 0.3 is 5.97 Å². The van der Waals surface area contributed by atoms with Gasteiger partial charge in [0, 0.05) is 11.2 Å². The Morgan fingerprint density at radius 1 is 1.08 bits per heavy atom. The largest absolute Gasteiger partial charge is 0.452 e. The molecule has 0 saturated heterocycles. The summed E-state index contributed by atoms with van der Waals surface area (Å²) in [4.78, 5) is 25.0. The van der Waals surface area contributed by atoms with Crippen molar-refractivity contribution in [3.63, 3.8) is 0 Å². The first-order valence-corrected chi connectivity index (χ1v) is 10.7. The minimum atomic E-state index is -3.49. The van der Waals surface area contributed by atoms with Crippen molar-refractivity contribution in [2.45, 2.75) is 16.7 Å². The van der Waals surface area contributed by atoms with Crippen molar-refractivity contribution in [2.75, 3.05) is 23.9 Å². The Balaban J connectivity index is 2.03. The highest BCUT2D eigenvalue weighted by atomic mass is 32.2. The van der Waals surface area contributed by atoms with Crippen LogP contribution in [-0.2, 0) is 19.4 Å². The second-order valence-corrected chi connectivity index (χ2v) is 8.61. The molecule has 2 aromatic rings. The maximum atomic E-state index is 12.2. The number of hydrogen-bond acceptors (Lipinski definition) is 6. The monoisotopic (exact) mass is 393 g/mol. The van der Waals surface area contributed by atoms with E-state index < -0.39 is 28.3 Å². The van der Waals surface area contributed by atoms with Crippen LogP contribution in [0.2, 0.25) is 0 Å². The molecule has 8 heteroatoms. The fourth-order valence-electron chi connectivity index (χ4n) is 2.21. The molecule has 0 radical (unpaired) electrons. The number of sulfone groups is 1. The third kappa shape index (κ3) is 5.34. The van der Waals surface area contributed by atoms with Crippen LogP contribution in [0.5, 0.6) is 0 Å². The summed E-state index contributed by atoms with van der Waals surface area (Å²) in [6.07, 6.45) is 1.06. The molecule has 0 atom stereocenters. The fraction of sp³-hybridized carbons (Fsp3) is 0.222. The van der Waals surface area contributed by atoms with Crippen LogP contribution in [-0.4, -0.2) is 38.9 Å². The molecule has 1 amide bonds. The molecule has 0 aliphatic rings. The predicted molar refractivity (Wildman–Crippen MR) is 101 cm³/mol. The van der Waals surface area contributed by atoms with Crippen molar-refractivity contribution in [2.24, 2.45) is 0 Å². The Bertz CT molecular complexity index is 909. The topological polar surface area (TPSA) is 89.5 Å². The molecule has 138 valence electrons. The number of nitrogens with one attached hydrogen (secondary N) is 1. The number of ether oxygens (including phenoxy) is 1. The van der Waals surface area contributed by atoms with Crippen LogP contribution < -0.4 is 5.32 Å². The molecule has 0 saturated carbocycles. The van der Waals surface area contributed by atoms with Crippen molar-refractivity contribution in [3.8, 4) is 0 Å².